The van der Waals surface area contributed by atoms with Gasteiger partial charge >= 0.3 is 5.97 Å². The summed E-state index contributed by atoms with van der Waals surface area (Å²) >= 11 is 0. The molecular formula is C10H10O3. The van der Waals surface area contributed by atoms with E-state index in [1.165, 1.54) is 13.0 Å². The van der Waals surface area contributed by atoms with Gasteiger partial charge in [-0.05, 0) is 13.0 Å². The molecule has 13 heavy (non-hydrogen) atoms. The molecule has 0 aromatic carbocycles. The molecule has 1 rings (SSSR count). The minimum Gasteiger partial charge on any atom is -0.419 e. The molecule has 1 aliphatic rings. The number of hydrogen-bond donors (Lipinski definition) is 0. The highest BCUT2D eigenvalue weighted by Crippen LogP contribution is 2.10. The Balaban J connectivity index is 2.68. The number of carbonyl (C=O) groups is 2. The Morgan fingerprint density at radius 3 is 2.85 bits per heavy atom. The summed E-state index contributed by atoms with van der Waals surface area (Å²) in [7, 11) is 0. The summed E-state index contributed by atoms with van der Waals surface area (Å²) in [5, 5.41) is 0. The van der Waals surface area contributed by atoms with Crippen LogP contribution in [0.4, 0.5) is 0 Å². The highest BCUT2D eigenvalue weighted by Gasteiger charge is 2.15. The largest absolute Gasteiger partial charge is 0.419 e. The fraction of sp³-hybridized carbons (Fsp3) is 0.200. The molecule has 0 aromatic rings. The molecule has 0 N–H and O–H groups in total. The summed E-state index contributed by atoms with van der Waals surface area (Å²) < 4.78 is 4.79. The van der Waals surface area contributed by atoms with Gasteiger partial charge in [0.2, 0.25) is 5.78 Å². The molecule has 0 radical (unpaired) electrons. The third-order valence-electron chi connectivity index (χ3n) is 1.51. The third-order valence-corrected chi connectivity index (χ3v) is 1.51. The molecule has 0 atom stereocenters. The molecule has 68 valence electrons. The fourth-order valence-corrected chi connectivity index (χ4v) is 0.802. The second kappa shape index (κ2) is 3.85. The summed E-state index contributed by atoms with van der Waals surface area (Å²) in [6.07, 6.45) is 5.16. The molecule has 3 heteroatoms. The van der Waals surface area contributed by atoms with Gasteiger partial charge in [-0.15, -0.1) is 0 Å². The number of hydrogen-bond acceptors (Lipinski definition) is 3. The van der Waals surface area contributed by atoms with Crippen molar-refractivity contribution in [1.29, 1.82) is 0 Å². The van der Waals surface area contributed by atoms with E-state index in [9.17, 15) is 9.59 Å². The van der Waals surface area contributed by atoms with Crippen molar-refractivity contribution in [3.8, 4) is 0 Å². The zero-order valence-electron chi connectivity index (χ0n) is 7.37. The van der Waals surface area contributed by atoms with Crippen LogP contribution in [-0.4, -0.2) is 11.8 Å². The first-order chi connectivity index (χ1) is 6.11. The van der Waals surface area contributed by atoms with Crippen molar-refractivity contribution in [3.05, 3.63) is 36.1 Å². The number of ketones is 1. The number of ether oxygens (including phenoxy) is 1. The van der Waals surface area contributed by atoms with Crippen molar-refractivity contribution >= 4 is 11.8 Å². The topological polar surface area (TPSA) is 43.4 Å². The van der Waals surface area contributed by atoms with Gasteiger partial charge in [0.25, 0.3) is 0 Å². The zero-order chi connectivity index (χ0) is 9.84. The maximum atomic E-state index is 11.1. The van der Waals surface area contributed by atoms with E-state index >= 15 is 0 Å². The van der Waals surface area contributed by atoms with Gasteiger partial charge in [-0.3, -0.25) is 4.79 Å². The highest BCUT2D eigenvalue weighted by molar-refractivity contribution is 5.99. The molecule has 0 bridgehead atoms. The molecule has 0 spiro atoms. The van der Waals surface area contributed by atoms with E-state index in [0.29, 0.717) is 0 Å². The smallest absolute Gasteiger partial charge is 0.338 e. The summed E-state index contributed by atoms with van der Waals surface area (Å²) in [5.74, 6) is -0.650. The van der Waals surface area contributed by atoms with Gasteiger partial charge in [-0.25, -0.2) is 4.79 Å². The van der Waals surface area contributed by atoms with Crippen LogP contribution in [0.5, 0.6) is 0 Å². The lowest BCUT2D eigenvalue weighted by Gasteiger charge is -2.07. The van der Waals surface area contributed by atoms with Crippen LogP contribution in [0.2, 0.25) is 0 Å². The van der Waals surface area contributed by atoms with E-state index in [-0.39, 0.29) is 23.5 Å². The van der Waals surface area contributed by atoms with Crippen LogP contribution in [0, 0.1) is 0 Å². The van der Waals surface area contributed by atoms with E-state index in [4.69, 9.17) is 4.74 Å². The van der Waals surface area contributed by atoms with Crippen molar-refractivity contribution in [2.24, 2.45) is 0 Å². The summed E-state index contributed by atoms with van der Waals surface area (Å²) in [4.78, 5) is 22.1. The molecule has 0 aromatic heterocycles. The maximum Gasteiger partial charge on any atom is 0.338 e. The van der Waals surface area contributed by atoms with Crippen LogP contribution in [0.3, 0.4) is 0 Å². The number of esters is 1. The lowest BCUT2D eigenvalue weighted by molar-refractivity contribution is -0.138. The van der Waals surface area contributed by atoms with Gasteiger partial charge in [0, 0.05) is 12.0 Å². The number of rotatable bonds is 2. The SMILES string of the molecule is C=C(C)C(=O)OC1=CC=CCC1=O. The minimum absolute atomic E-state index is 0.0931. The average molecular weight is 178 g/mol. The first-order valence-electron chi connectivity index (χ1n) is 3.89. The minimum atomic E-state index is -0.560. The van der Waals surface area contributed by atoms with Gasteiger partial charge < -0.3 is 4.74 Å². The van der Waals surface area contributed by atoms with E-state index < -0.39 is 5.97 Å². The maximum absolute atomic E-state index is 11.1. The van der Waals surface area contributed by atoms with Gasteiger partial charge in [-0.1, -0.05) is 18.7 Å². The Bertz CT molecular complexity index is 321. The van der Waals surface area contributed by atoms with Crippen LogP contribution >= 0.6 is 0 Å². The second-order valence-corrected chi connectivity index (χ2v) is 2.76. The quantitative estimate of drug-likeness (QED) is 0.475. The Morgan fingerprint density at radius 1 is 1.62 bits per heavy atom. The van der Waals surface area contributed by atoms with E-state index in [1.807, 2.05) is 0 Å². The van der Waals surface area contributed by atoms with Gasteiger partial charge in [-0.2, -0.15) is 0 Å². The van der Waals surface area contributed by atoms with Gasteiger partial charge in [0.05, 0.1) is 0 Å². The van der Waals surface area contributed by atoms with Crippen LogP contribution in [0.25, 0.3) is 0 Å². The second-order valence-electron chi connectivity index (χ2n) is 2.76. The summed E-state index contributed by atoms with van der Waals surface area (Å²) in [5.41, 5.74) is 0.281. The standard InChI is InChI=1S/C10H10O3/c1-7(2)10(12)13-9-6-4-3-5-8(9)11/h3-4,6H,1,5H2,2H3. The first kappa shape index (κ1) is 9.45. The molecule has 0 fully saturated rings. The Labute approximate surface area is 76.4 Å². The molecule has 0 saturated carbocycles. The molecular weight excluding hydrogens is 168 g/mol. The molecule has 0 saturated heterocycles. The van der Waals surface area contributed by atoms with Crippen LogP contribution in [0.1, 0.15) is 13.3 Å². The van der Waals surface area contributed by atoms with Crippen molar-refractivity contribution in [3.63, 3.8) is 0 Å². The third kappa shape index (κ3) is 2.40. The molecule has 0 heterocycles. The molecule has 3 nitrogen and oxygen atoms in total. The fourth-order valence-electron chi connectivity index (χ4n) is 0.802. The first-order valence-corrected chi connectivity index (χ1v) is 3.89. The van der Waals surface area contributed by atoms with E-state index in [2.05, 4.69) is 6.58 Å². The molecule has 0 amide bonds. The Hall–Kier alpha value is -1.64. The monoisotopic (exact) mass is 178 g/mol. The summed E-state index contributed by atoms with van der Waals surface area (Å²) in [6.45, 7) is 4.95. The number of Topliss-reactive ketones (excluding diaryl/α,β-unsaturated/α-hetero) is 1. The predicted molar refractivity (Wildman–Crippen MR) is 47.8 cm³/mol. The van der Waals surface area contributed by atoms with Crippen LogP contribution < -0.4 is 0 Å². The van der Waals surface area contributed by atoms with Crippen molar-refractivity contribution < 1.29 is 14.3 Å². The zero-order valence-corrected chi connectivity index (χ0v) is 7.37. The van der Waals surface area contributed by atoms with Crippen molar-refractivity contribution in [1.82, 2.24) is 0 Å². The average Bonchev–Trinajstić information content (AvgIpc) is 2.08. The Kier molecular flexibility index (Phi) is 2.80. The van der Waals surface area contributed by atoms with Crippen molar-refractivity contribution in [2.75, 3.05) is 0 Å². The van der Waals surface area contributed by atoms with Crippen LogP contribution in [0.15, 0.2) is 36.1 Å². The highest BCUT2D eigenvalue weighted by atomic mass is 16.5. The molecule has 0 unspecified atom stereocenters. The van der Waals surface area contributed by atoms with Gasteiger partial charge in [0.15, 0.2) is 5.76 Å². The van der Waals surface area contributed by atoms with E-state index in [0.717, 1.165) is 0 Å². The Morgan fingerprint density at radius 2 is 2.31 bits per heavy atom. The summed E-state index contributed by atoms with van der Waals surface area (Å²) in [6, 6.07) is 0. The number of allylic oxidation sites excluding steroid dienone is 4. The molecule has 1 aliphatic carbocycles. The van der Waals surface area contributed by atoms with Crippen LogP contribution in [-0.2, 0) is 14.3 Å². The lowest BCUT2D eigenvalue weighted by atomic mass is 10.1. The molecule has 0 aliphatic heterocycles. The lowest BCUT2D eigenvalue weighted by Crippen LogP contribution is -2.13. The normalized spacial score (nSPS) is 15.2. The van der Waals surface area contributed by atoms with E-state index in [1.54, 1.807) is 12.2 Å². The predicted octanol–water partition coefficient (Wildman–Crippen LogP) is 1.52. The van der Waals surface area contributed by atoms with Crippen molar-refractivity contribution in [2.45, 2.75) is 13.3 Å². The number of carbonyl (C=O) groups excluding carboxylic acids is 2. The van der Waals surface area contributed by atoms with Gasteiger partial charge in [0.1, 0.15) is 0 Å².